The molecule has 30 heavy (non-hydrogen) atoms. The second-order valence-electron chi connectivity index (χ2n) is 7.07. The summed E-state index contributed by atoms with van der Waals surface area (Å²) in [6, 6.07) is 13.8. The molecule has 0 aliphatic carbocycles. The summed E-state index contributed by atoms with van der Waals surface area (Å²) in [5.74, 6) is -0.938. The molecule has 0 saturated heterocycles. The molecule has 1 heterocycles. The Bertz CT molecular complexity index is 1130. The lowest BCUT2D eigenvalue weighted by Crippen LogP contribution is -2.41. The van der Waals surface area contributed by atoms with E-state index in [2.05, 4.69) is 5.32 Å². The van der Waals surface area contributed by atoms with Gasteiger partial charge in [-0.2, -0.15) is 0 Å². The molecule has 0 aliphatic rings. The van der Waals surface area contributed by atoms with Crippen LogP contribution in [-0.2, 0) is 14.8 Å². The van der Waals surface area contributed by atoms with Crippen LogP contribution in [0.1, 0.15) is 29.7 Å². The summed E-state index contributed by atoms with van der Waals surface area (Å²) < 4.78 is 40.7. The molecular weight excluding hydrogens is 423 g/mol. The molecule has 1 atom stereocenters. The predicted molar refractivity (Wildman–Crippen MR) is 118 cm³/mol. The smallest absolute Gasteiger partial charge is 0.274 e. The van der Waals surface area contributed by atoms with Gasteiger partial charge in [0.1, 0.15) is 16.6 Å². The Morgan fingerprint density at radius 2 is 1.83 bits per heavy atom. The highest BCUT2D eigenvalue weighted by Gasteiger charge is 2.28. The summed E-state index contributed by atoms with van der Waals surface area (Å²) in [6.07, 6.45) is 0. The van der Waals surface area contributed by atoms with Crippen molar-refractivity contribution in [1.82, 2.24) is 5.32 Å². The minimum atomic E-state index is -3.96. The van der Waals surface area contributed by atoms with E-state index in [1.807, 2.05) is 39.0 Å². The number of anilines is 1. The first kappa shape index (κ1) is 22.0. The Kier molecular flexibility index (Phi) is 6.58. The molecular formula is C22H23FN2O3S2. The Morgan fingerprint density at radius 3 is 2.43 bits per heavy atom. The number of amides is 1. The molecule has 0 radical (unpaired) electrons. The number of hydrogen-bond donors (Lipinski definition) is 1. The van der Waals surface area contributed by atoms with Gasteiger partial charge in [-0.15, -0.1) is 11.3 Å². The summed E-state index contributed by atoms with van der Waals surface area (Å²) in [5, 5.41) is 4.52. The quantitative estimate of drug-likeness (QED) is 0.578. The highest BCUT2D eigenvalue weighted by molar-refractivity contribution is 7.94. The fourth-order valence-electron chi connectivity index (χ4n) is 3.25. The summed E-state index contributed by atoms with van der Waals surface area (Å²) in [4.78, 5) is 12.8. The third-order valence-corrected chi connectivity index (χ3v) is 7.86. The van der Waals surface area contributed by atoms with Gasteiger partial charge in [0.15, 0.2) is 0 Å². The van der Waals surface area contributed by atoms with E-state index in [9.17, 15) is 17.6 Å². The van der Waals surface area contributed by atoms with Crippen molar-refractivity contribution in [3.63, 3.8) is 0 Å². The third-order valence-electron chi connectivity index (χ3n) is 4.71. The van der Waals surface area contributed by atoms with Gasteiger partial charge in [-0.25, -0.2) is 12.8 Å². The average molecular weight is 447 g/mol. The molecule has 8 heteroatoms. The molecule has 158 valence electrons. The number of rotatable bonds is 7. The van der Waals surface area contributed by atoms with Crippen LogP contribution in [0.5, 0.6) is 0 Å². The van der Waals surface area contributed by atoms with Crippen LogP contribution in [0.4, 0.5) is 10.1 Å². The third kappa shape index (κ3) is 4.88. The molecule has 1 amide bonds. The zero-order valence-electron chi connectivity index (χ0n) is 16.9. The van der Waals surface area contributed by atoms with Gasteiger partial charge in [0.25, 0.3) is 10.0 Å². The molecule has 5 nitrogen and oxygen atoms in total. The molecule has 0 bridgehead atoms. The zero-order chi connectivity index (χ0) is 21.9. The number of nitrogens with one attached hydrogen (secondary N) is 1. The van der Waals surface area contributed by atoms with Crippen molar-refractivity contribution in [3.8, 4) is 0 Å². The van der Waals surface area contributed by atoms with Crippen LogP contribution in [0.15, 0.2) is 64.2 Å². The minimum absolute atomic E-state index is 0.113. The van der Waals surface area contributed by atoms with Gasteiger partial charge in [0.2, 0.25) is 5.91 Å². The van der Waals surface area contributed by atoms with E-state index in [-0.39, 0.29) is 15.9 Å². The molecule has 0 aliphatic heterocycles. The number of carbonyl (C=O) groups is 1. The zero-order valence-corrected chi connectivity index (χ0v) is 18.6. The standard InChI is InChI=1S/C22H23FN2O3S2/c1-15-6-11-20(16(2)13-15)17(3)24-21(26)14-25(19-9-7-18(23)8-10-19)30(27,28)22-5-4-12-29-22/h4-13,17H,14H2,1-3H3,(H,24,26)/t17-/m1/s1. The van der Waals surface area contributed by atoms with Crippen LogP contribution in [0.3, 0.4) is 0 Å². The van der Waals surface area contributed by atoms with Crippen LogP contribution in [0, 0.1) is 19.7 Å². The topological polar surface area (TPSA) is 66.5 Å². The fourth-order valence-corrected chi connectivity index (χ4v) is 5.77. The van der Waals surface area contributed by atoms with Crippen molar-refractivity contribution >= 4 is 33.0 Å². The lowest BCUT2D eigenvalue weighted by atomic mass is 10.0. The number of sulfonamides is 1. The highest BCUT2D eigenvalue weighted by Crippen LogP contribution is 2.27. The van der Waals surface area contributed by atoms with E-state index in [0.717, 1.165) is 32.3 Å². The fraction of sp³-hybridized carbons (Fsp3) is 0.227. The Balaban J connectivity index is 1.85. The highest BCUT2D eigenvalue weighted by atomic mass is 32.2. The van der Waals surface area contributed by atoms with Crippen LogP contribution in [-0.4, -0.2) is 20.9 Å². The van der Waals surface area contributed by atoms with Gasteiger partial charge in [-0.1, -0.05) is 29.8 Å². The second-order valence-corrected chi connectivity index (χ2v) is 10.1. The number of nitrogens with zero attached hydrogens (tertiary/aromatic N) is 1. The van der Waals surface area contributed by atoms with Crippen LogP contribution < -0.4 is 9.62 Å². The maximum atomic E-state index is 13.4. The average Bonchev–Trinajstić information content (AvgIpc) is 3.22. The van der Waals surface area contributed by atoms with Crippen molar-refractivity contribution < 1.29 is 17.6 Å². The molecule has 2 aromatic carbocycles. The number of halogens is 1. The van der Waals surface area contributed by atoms with Gasteiger partial charge in [-0.05, 0) is 67.6 Å². The number of thiophene rings is 1. The van der Waals surface area contributed by atoms with E-state index in [4.69, 9.17) is 0 Å². The Hall–Kier alpha value is -2.71. The lowest BCUT2D eigenvalue weighted by Gasteiger charge is -2.25. The SMILES string of the molecule is Cc1ccc([C@@H](C)NC(=O)CN(c2ccc(F)cc2)S(=O)(=O)c2cccs2)c(C)c1. The van der Waals surface area contributed by atoms with E-state index in [0.29, 0.717) is 0 Å². The van der Waals surface area contributed by atoms with Gasteiger partial charge in [0, 0.05) is 0 Å². The largest absolute Gasteiger partial charge is 0.348 e. The first-order valence-electron chi connectivity index (χ1n) is 9.37. The van der Waals surface area contributed by atoms with Gasteiger partial charge < -0.3 is 5.32 Å². The van der Waals surface area contributed by atoms with Crippen molar-refractivity contribution in [2.75, 3.05) is 10.8 Å². The minimum Gasteiger partial charge on any atom is -0.348 e. The molecule has 1 aromatic heterocycles. The van der Waals surface area contributed by atoms with Crippen LogP contribution in [0.2, 0.25) is 0 Å². The van der Waals surface area contributed by atoms with Gasteiger partial charge in [-0.3, -0.25) is 9.10 Å². The molecule has 3 rings (SSSR count). The summed E-state index contributed by atoms with van der Waals surface area (Å²) in [5.41, 5.74) is 3.35. The molecule has 3 aromatic rings. The normalized spacial score (nSPS) is 12.4. The van der Waals surface area contributed by atoms with E-state index >= 15 is 0 Å². The second kappa shape index (κ2) is 8.97. The first-order valence-corrected chi connectivity index (χ1v) is 11.7. The summed E-state index contributed by atoms with van der Waals surface area (Å²) in [6.45, 7) is 5.40. The van der Waals surface area contributed by atoms with Crippen molar-refractivity contribution in [2.45, 2.75) is 31.0 Å². The van der Waals surface area contributed by atoms with Crippen molar-refractivity contribution in [1.29, 1.82) is 0 Å². The summed E-state index contributed by atoms with van der Waals surface area (Å²) in [7, 11) is -3.96. The number of benzene rings is 2. The van der Waals surface area contributed by atoms with E-state index in [1.165, 1.54) is 30.3 Å². The first-order chi connectivity index (χ1) is 14.2. The predicted octanol–water partition coefficient (Wildman–Crippen LogP) is 4.58. The maximum Gasteiger partial charge on any atom is 0.274 e. The maximum absolute atomic E-state index is 13.4. The molecule has 0 spiro atoms. The Labute approximate surface area is 180 Å². The Morgan fingerprint density at radius 1 is 1.13 bits per heavy atom. The summed E-state index contributed by atoms with van der Waals surface area (Å²) >= 11 is 1.06. The van der Waals surface area contributed by atoms with Crippen LogP contribution in [0.25, 0.3) is 0 Å². The molecule has 0 unspecified atom stereocenters. The number of carbonyl (C=O) groups excluding carboxylic acids is 1. The van der Waals surface area contributed by atoms with Crippen molar-refractivity contribution in [3.05, 3.63) is 82.5 Å². The lowest BCUT2D eigenvalue weighted by molar-refractivity contribution is -0.120. The van der Waals surface area contributed by atoms with Gasteiger partial charge >= 0.3 is 0 Å². The molecule has 0 fully saturated rings. The van der Waals surface area contributed by atoms with E-state index < -0.39 is 28.3 Å². The molecule has 0 saturated carbocycles. The van der Waals surface area contributed by atoms with Crippen molar-refractivity contribution in [2.24, 2.45) is 0 Å². The van der Waals surface area contributed by atoms with E-state index in [1.54, 1.807) is 11.4 Å². The monoisotopic (exact) mass is 446 g/mol. The van der Waals surface area contributed by atoms with Gasteiger partial charge in [0.05, 0.1) is 11.7 Å². The van der Waals surface area contributed by atoms with Crippen LogP contribution >= 0.6 is 11.3 Å². The molecule has 1 N–H and O–H groups in total. The number of aryl methyl sites for hydroxylation is 2. The number of hydrogen-bond acceptors (Lipinski definition) is 4.